The van der Waals surface area contributed by atoms with Gasteiger partial charge >= 0.3 is 0 Å². The molecule has 3 rings (SSSR count). The molecule has 3 aliphatic rings. The largest absolute Gasteiger partial charge is 0.380 e. The normalized spacial score (nSPS) is 29.5. The van der Waals surface area contributed by atoms with Gasteiger partial charge in [-0.3, -0.25) is 4.79 Å². The molecule has 1 amide bonds. The summed E-state index contributed by atoms with van der Waals surface area (Å²) in [5.41, 5.74) is -1.24. The summed E-state index contributed by atoms with van der Waals surface area (Å²) < 4.78 is 6.02. The topological polar surface area (TPSA) is 65.0 Å². The molecule has 6 nitrogen and oxygen atoms in total. The Labute approximate surface area is 126 Å². The third-order valence-corrected chi connectivity index (χ3v) is 5.23. The number of piperidine rings is 2. The third kappa shape index (κ3) is 3.08. The molecule has 0 radical (unpaired) electrons. The summed E-state index contributed by atoms with van der Waals surface area (Å²) in [6.45, 7) is 5.53. The first-order valence-electron chi connectivity index (χ1n) is 8.08. The minimum atomic E-state index is -1.15. The Balaban J connectivity index is 1.59. The van der Waals surface area contributed by atoms with E-state index in [-0.39, 0.29) is 11.5 Å². The third-order valence-electron chi connectivity index (χ3n) is 5.23. The Morgan fingerprint density at radius 1 is 1.14 bits per heavy atom. The van der Waals surface area contributed by atoms with Crippen LogP contribution in [0.3, 0.4) is 0 Å². The number of rotatable bonds is 1. The van der Waals surface area contributed by atoms with Crippen LogP contribution in [0, 0.1) is 0 Å². The summed E-state index contributed by atoms with van der Waals surface area (Å²) in [7, 11) is 2.12. The summed E-state index contributed by atoms with van der Waals surface area (Å²) in [6.07, 6.45) is 2.79. The van der Waals surface area contributed by atoms with Gasteiger partial charge < -0.3 is 25.0 Å². The quantitative estimate of drug-likeness (QED) is 0.678. The SMILES string of the molecule is CN1CCOC2(CCN(C(=O)C3(O)CCNCC3)CC2)C1. The van der Waals surface area contributed by atoms with Crippen molar-refractivity contribution in [2.75, 3.05) is 52.9 Å². The van der Waals surface area contributed by atoms with Crippen molar-refractivity contribution >= 4 is 5.91 Å². The highest BCUT2D eigenvalue weighted by Crippen LogP contribution is 2.31. The molecule has 3 heterocycles. The first kappa shape index (κ1) is 15.2. The molecular formula is C15H27N3O3. The fourth-order valence-corrected chi connectivity index (χ4v) is 3.80. The van der Waals surface area contributed by atoms with Crippen LogP contribution >= 0.6 is 0 Å². The maximum Gasteiger partial charge on any atom is 0.254 e. The standard InChI is InChI=1S/C15H27N3O3/c1-17-10-11-21-14(12-17)4-8-18(9-5-14)13(19)15(20)2-6-16-7-3-15/h16,20H,2-12H2,1H3. The van der Waals surface area contributed by atoms with Crippen molar-refractivity contribution in [3.63, 3.8) is 0 Å². The van der Waals surface area contributed by atoms with Gasteiger partial charge in [0.25, 0.3) is 5.91 Å². The van der Waals surface area contributed by atoms with Gasteiger partial charge in [0.1, 0.15) is 5.60 Å². The molecule has 0 aromatic carbocycles. The van der Waals surface area contributed by atoms with E-state index in [4.69, 9.17) is 4.74 Å². The number of ether oxygens (including phenoxy) is 1. The molecule has 21 heavy (non-hydrogen) atoms. The van der Waals surface area contributed by atoms with Crippen LogP contribution in [0.4, 0.5) is 0 Å². The lowest BCUT2D eigenvalue weighted by Gasteiger charge is -2.47. The van der Waals surface area contributed by atoms with Gasteiger partial charge in [0.2, 0.25) is 0 Å². The maximum atomic E-state index is 12.6. The monoisotopic (exact) mass is 297 g/mol. The van der Waals surface area contributed by atoms with E-state index in [1.54, 1.807) is 0 Å². The van der Waals surface area contributed by atoms with Crippen molar-refractivity contribution in [3.8, 4) is 0 Å². The lowest BCUT2D eigenvalue weighted by molar-refractivity contribution is -0.165. The zero-order valence-electron chi connectivity index (χ0n) is 12.9. The molecule has 0 aliphatic carbocycles. The molecule has 0 aromatic rings. The average Bonchev–Trinajstić information content (AvgIpc) is 2.48. The molecule has 3 aliphatic heterocycles. The number of aliphatic hydroxyl groups is 1. The van der Waals surface area contributed by atoms with E-state index in [1.807, 2.05) is 4.90 Å². The van der Waals surface area contributed by atoms with Gasteiger partial charge in [0, 0.05) is 26.2 Å². The van der Waals surface area contributed by atoms with E-state index in [1.165, 1.54) is 0 Å². The van der Waals surface area contributed by atoms with Crippen LogP contribution in [0.2, 0.25) is 0 Å². The zero-order valence-corrected chi connectivity index (χ0v) is 12.9. The van der Waals surface area contributed by atoms with Gasteiger partial charge in [0.15, 0.2) is 0 Å². The number of amides is 1. The van der Waals surface area contributed by atoms with Crippen molar-refractivity contribution in [1.29, 1.82) is 0 Å². The lowest BCUT2D eigenvalue weighted by atomic mass is 9.86. The summed E-state index contributed by atoms with van der Waals surface area (Å²) in [6, 6.07) is 0. The van der Waals surface area contributed by atoms with E-state index in [0.717, 1.165) is 32.5 Å². The van der Waals surface area contributed by atoms with E-state index in [2.05, 4.69) is 17.3 Å². The summed E-state index contributed by atoms with van der Waals surface area (Å²) in [5.74, 6) is -0.0805. The highest BCUT2D eigenvalue weighted by molar-refractivity contribution is 5.85. The van der Waals surface area contributed by atoms with Crippen molar-refractivity contribution < 1.29 is 14.6 Å². The van der Waals surface area contributed by atoms with Crippen LogP contribution in [0.5, 0.6) is 0 Å². The number of likely N-dealkylation sites (tertiary alicyclic amines) is 1. The van der Waals surface area contributed by atoms with Crippen LogP contribution in [0.1, 0.15) is 25.7 Å². The number of hydrogen-bond donors (Lipinski definition) is 2. The second-order valence-electron chi connectivity index (χ2n) is 6.84. The average molecular weight is 297 g/mol. The molecule has 3 fully saturated rings. The van der Waals surface area contributed by atoms with Crippen molar-refractivity contribution in [3.05, 3.63) is 0 Å². The highest BCUT2D eigenvalue weighted by Gasteiger charge is 2.44. The molecule has 3 saturated heterocycles. The second kappa shape index (κ2) is 5.83. The molecule has 120 valence electrons. The molecule has 1 spiro atoms. The molecule has 0 atom stereocenters. The van der Waals surface area contributed by atoms with E-state index < -0.39 is 5.60 Å². The molecule has 0 aromatic heterocycles. The van der Waals surface area contributed by atoms with Gasteiger partial charge in [-0.1, -0.05) is 0 Å². The van der Waals surface area contributed by atoms with Crippen molar-refractivity contribution in [2.45, 2.75) is 36.9 Å². The Morgan fingerprint density at radius 3 is 2.43 bits per heavy atom. The first-order chi connectivity index (χ1) is 10.0. The number of hydrogen-bond acceptors (Lipinski definition) is 5. The number of nitrogens with zero attached hydrogens (tertiary/aromatic N) is 2. The molecule has 0 bridgehead atoms. The summed E-state index contributed by atoms with van der Waals surface area (Å²) in [4.78, 5) is 16.8. The minimum absolute atomic E-state index is 0.0805. The van der Waals surface area contributed by atoms with Crippen LogP contribution < -0.4 is 5.32 Å². The Morgan fingerprint density at radius 2 is 1.81 bits per heavy atom. The van der Waals surface area contributed by atoms with E-state index >= 15 is 0 Å². The maximum absolute atomic E-state index is 12.6. The number of nitrogens with one attached hydrogen (secondary N) is 1. The number of likely N-dealkylation sites (N-methyl/N-ethyl adjacent to an activating group) is 1. The zero-order chi connectivity index (χ0) is 14.9. The highest BCUT2D eigenvalue weighted by atomic mass is 16.5. The first-order valence-corrected chi connectivity index (χ1v) is 8.08. The van der Waals surface area contributed by atoms with Gasteiger partial charge in [-0.2, -0.15) is 0 Å². The number of carbonyl (C=O) groups excluding carboxylic acids is 1. The fourth-order valence-electron chi connectivity index (χ4n) is 3.80. The minimum Gasteiger partial charge on any atom is -0.380 e. The fraction of sp³-hybridized carbons (Fsp3) is 0.933. The Kier molecular flexibility index (Phi) is 4.23. The van der Waals surface area contributed by atoms with Crippen LogP contribution in [0.15, 0.2) is 0 Å². The molecule has 2 N–H and O–H groups in total. The van der Waals surface area contributed by atoms with Crippen LogP contribution in [-0.2, 0) is 9.53 Å². The number of carbonyl (C=O) groups is 1. The lowest BCUT2D eigenvalue weighted by Crippen LogP contribution is -2.60. The van der Waals surface area contributed by atoms with Gasteiger partial charge in [-0.15, -0.1) is 0 Å². The van der Waals surface area contributed by atoms with Crippen molar-refractivity contribution in [1.82, 2.24) is 15.1 Å². The Bertz CT molecular complexity index is 388. The van der Waals surface area contributed by atoms with Gasteiger partial charge in [0.05, 0.1) is 12.2 Å². The van der Waals surface area contributed by atoms with Gasteiger partial charge in [-0.05, 0) is 45.8 Å². The molecule has 0 unspecified atom stereocenters. The predicted octanol–water partition coefficient (Wildman–Crippen LogP) is -0.576. The van der Waals surface area contributed by atoms with E-state index in [9.17, 15) is 9.90 Å². The second-order valence-corrected chi connectivity index (χ2v) is 6.84. The molecular weight excluding hydrogens is 270 g/mol. The smallest absolute Gasteiger partial charge is 0.254 e. The van der Waals surface area contributed by atoms with Crippen molar-refractivity contribution in [2.24, 2.45) is 0 Å². The summed E-state index contributed by atoms with van der Waals surface area (Å²) >= 11 is 0. The molecule has 6 heteroatoms. The van der Waals surface area contributed by atoms with Crippen LogP contribution in [-0.4, -0.2) is 84.9 Å². The predicted molar refractivity (Wildman–Crippen MR) is 79.0 cm³/mol. The van der Waals surface area contributed by atoms with Crippen LogP contribution in [0.25, 0.3) is 0 Å². The van der Waals surface area contributed by atoms with E-state index in [0.29, 0.717) is 39.0 Å². The van der Waals surface area contributed by atoms with Gasteiger partial charge in [-0.25, -0.2) is 0 Å². The molecule has 0 saturated carbocycles. The summed E-state index contributed by atoms with van der Waals surface area (Å²) in [5, 5.41) is 13.8. The Hall–Kier alpha value is -0.690. The number of morpholine rings is 1.